The maximum absolute atomic E-state index is 13.2. The highest BCUT2D eigenvalue weighted by molar-refractivity contribution is 5.94. The van der Waals surface area contributed by atoms with E-state index in [1.165, 1.54) is 0 Å². The first-order valence-corrected chi connectivity index (χ1v) is 12.9. The first-order valence-electron chi connectivity index (χ1n) is 12.9. The van der Waals surface area contributed by atoms with Gasteiger partial charge in [-0.1, -0.05) is 6.07 Å². The van der Waals surface area contributed by atoms with Gasteiger partial charge in [-0.15, -0.1) is 0 Å². The number of imidazole rings is 1. The highest BCUT2D eigenvalue weighted by Crippen LogP contribution is 2.35. The minimum absolute atomic E-state index is 0.0263. The van der Waals surface area contributed by atoms with Crippen molar-refractivity contribution < 1.29 is 19.4 Å². The average Bonchev–Trinajstić information content (AvgIpc) is 3.15. The average molecular weight is 494 g/mol. The molecule has 3 aromatic rings. The number of carboxylic acids is 1. The van der Waals surface area contributed by atoms with Gasteiger partial charge in [-0.05, 0) is 80.5 Å². The van der Waals surface area contributed by atoms with Crippen LogP contribution in [0.3, 0.4) is 0 Å². The molecule has 36 heavy (non-hydrogen) atoms. The van der Waals surface area contributed by atoms with Gasteiger partial charge in [-0.3, -0.25) is 9.13 Å². The molecule has 2 saturated heterocycles. The van der Waals surface area contributed by atoms with Crippen molar-refractivity contribution in [2.24, 2.45) is 7.05 Å². The third-order valence-corrected chi connectivity index (χ3v) is 7.87. The lowest BCUT2D eigenvalue weighted by Gasteiger charge is -2.36. The topological polar surface area (TPSA) is 85.9 Å². The quantitative estimate of drug-likeness (QED) is 0.549. The molecule has 0 saturated carbocycles. The molecule has 3 heterocycles. The predicted molar refractivity (Wildman–Crippen MR) is 140 cm³/mol. The second-order valence-corrected chi connectivity index (χ2v) is 9.86. The van der Waals surface area contributed by atoms with E-state index in [4.69, 9.17) is 9.47 Å². The van der Waals surface area contributed by atoms with E-state index < -0.39 is 5.97 Å². The van der Waals surface area contributed by atoms with Crippen LogP contribution in [0.2, 0.25) is 0 Å². The van der Waals surface area contributed by atoms with Crippen molar-refractivity contribution in [1.29, 1.82) is 0 Å². The third-order valence-electron chi connectivity index (χ3n) is 7.87. The standard InChI is InChI=1S/C28H35N3O5/c1-4-30(21-7-11-35-12-8-21)25-17-20(15-23(18(25)2)27(32)33)19-5-6-24-26(16-19)29(3)28(34)31(24)22-9-13-36-14-10-22/h5-6,15-17,21-22H,4,7-14H2,1-3H3,(H,32,33). The number of hydrogen-bond acceptors (Lipinski definition) is 5. The molecule has 2 aliphatic rings. The van der Waals surface area contributed by atoms with Gasteiger partial charge in [0.2, 0.25) is 0 Å². The van der Waals surface area contributed by atoms with Gasteiger partial charge < -0.3 is 19.5 Å². The molecule has 0 amide bonds. The Balaban J connectivity index is 1.62. The molecule has 2 fully saturated rings. The Morgan fingerprint density at radius 1 is 1.00 bits per heavy atom. The molecule has 2 aliphatic heterocycles. The van der Waals surface area contributed by atoms with Crippen molar-refractivity contribution in [3.63, 3.8) is 0 Å². The van der Waals surface area contributed by atoms with E-state index >= 15 is 0 Å². The lowest BCUT2D eigenvalue weighted by molar-refractivity contribution is 0.0692. The zero-order chi connectivity index (χ0) is 25.4. The molecular weight excluding hydrogens is 458 g/mol. The summed E-state index contributed by atoms with van der Waals surface area (Å²) >= 11 is 0. The molecule has 192 valence electrons. The summed E-state index contributed by atoms with van der Waals surface area (Å²) in [6.07, 6.45) is 3.49. The van der Waals surface area contributed by atoms with Gasteiger partial charge in [-0.2, -0.15) is 0 Å². The van der Waals surface area contributed by atoms with Crippen molar-refractivity contribution in [1.82, 2.24) is 9.13 Å². The molecule has 5 rings (SSSR count). The monoisotopic (exact) mass is 493 g/mol. The van der Waals surface area contributed by atoms with Crippen LogP contribution in [-0.2, 0) is 16.5 Å². The number of rotatable bonds is 6. The van der Waals surface area contributed by atoms with Crippen LogP contribution in [0.25, 0.3) is 22.2 Å². The first kappa shape index (κ1) is 24.6. The number of anilines is 1. The number of hydrogen-bond donors (Lipinski definition) is 1. The van der Waals surface area contributed by atoms with Gasteiger partial charge in [0.25, 0.3) is 0 Å². The molecule has 1 N–H and O–H groups in total. The number of ether oxygens (including phenoxy) is 2. The van der Waals surface area contributed by atoms with E-state index in [1.807, 2.05) is 29.7 Å². The maximum atomic E-state index is 13.2. The molecule has 0 unspecified atom stereocenters. The normalized spacial score (nSPS) is 17.5. The maximum Gasteiger partial charge on any atom is 0.336 e. The Morgan fingerprint density at radius 2 is 1.67 bits per heavy atom. The fraction of sp³-hybridized carbons (Fsp3) is 0.500. The Bertz CT molecular complexity index is 1330. The van der Waals surface area contributed by atoms with Gasteiger partial charge in [0.15, 0.2) is 0 Å². The molecule has 8 nitrogen and oxygen atoms in total. The van der Waals surface area contributed by atoms with E-state index in [0.29, 0.717) is 24.8 Å². The van der Waals surface area contributed by atoms with Crippen molar-refractivity contribution in [3.05, 3.63) is 51.9 Å². The highest BCUT2D eigenvalue weighted by atomic mass is 16.5. The van der Waals surface area contributed by atoms with Crippen molar-refractivity contribution >= 4 is 22.7 Å². The number of aromatic nitrogens is 2. The van der Waals surface area contributed by atoms with Crippen LogP contribution in [0.5, 0.6) is 0 Å². The number of benzene rings is 2. The van der Waals surface area contributed by atoms with E-state index in [0.717, 1.165) is 78.9 Å². The fourth-order valence-electron chi connectivity index (χ4n) is 5.85. The highest BCUT2D eigenvalue weighted by Gasteiger charge is 2.26. The summed E-state index contributed by atoms with van der Waals surface area (Å²) in [4.78, 5) is 27.7. The van der Waals surface area contributed by atoms with Crippen LogP contribution < -0.4 is 10.6 Å². The molecule has 2 aromatic carbocycles. The molecule has 0 spiro atoms. The Hall–Kier alpha value is -3.10. The molecule has 0 atom stereocenters. The predicted octanol–water partition coefficient (Wildman–Crippen LogP) is 4.37. The number of nitrogens with zero attached hydrogens (tertiary/aromatic N) is 3. The second-order valence-electron chi connectivity index (χ2n) is 9.86. The third kappa shape index (κ3) is 4.33. The molecule has 0 radical (unpaired) electrons. The van der Waals surface area contributed by atoms with E-state index in [1.54, 1.807) is 17.7 Å². The zero-order valence-electron chi connectivity index (χ0n) is 21.3. The van der Waals surface area contributed by atoms with Gasteiger partial charge >= 0.3 is 11.7 Å². The Kier molecular flexibility index (Phi) is 6.90. The molecule has 1 aromatic heterocycles. The summed E-state index contributed by atoms with van der Waals surface area (Å²) in [5.74, 6) is -0.933. The lowest BCUT2D eigenvalue weighted by Crippen LogP contribution is -2.40. The number of aromatic carboxylic acids is 1. The van der Waals surface area contributed by atoms with Crippen LogP contribution in [-0.4, -0.2) is 59.2 Å². The van der Waals surface area contributed by atoms with Crippen LogP contribution in [0.4, 0.5) is 5.69 Å². The smallest absolute Gasteiger partial charge is 0.336 e. The van der Waals surface area contributed by atoms with Crippen molar-refractivity contribution in [3.8, 4) is 11.1 Å². The van der Waals surface area contributed by atoms with Crippen molar-refractivity contribution in [2.45, 2.75) is 51.6 Å². The van der Waals surface area contributed by atoms with E-state index in [9.17, 15) is 14.7 Å². The lowest BCUT2D eigenvalue weighted by atomic mass is 9.95. The van der Waals surface area contributed by atoms with Crippen LogP contribution in [0.1, 0.15) is 54.6 Å². The SMILES string of the molecule is CCN(c1cc(-c2ccc3c(c2)n(C)c(=O)n3C2CCOCC2)cc(C(=O)O)c1C)C1CCOCC1. The molecular formula is C28H35N3O5. The summed E-state index contributed by atoms with van der Waals surface area (Å²) in [6, 6.07) is 10.3. The molecule has 0 bridgehead atoms. The summed E-state index contributed by atoms with van der Waals surface area (Å²) < 4.78 is 14.7. The number of fused-ring (bicyclic) bond motifs is 1. The Labute approximate surface area is 211 Å². The van der Waals surface area contributed by atoms with Gasteiger partial charge in [0.1, 0.15) is 0 Å². The van der Waals surface area contributed by atoms with Crippen LogP contribution in [0.15, 0.2) is 35.1 Å². The second kappa shape index (κ2) is 10.1. The van der Waals surface area contributed by atoms with Gasteiger partial charge in [0, 0.05) is 57.8 Å². The van der Waals surface area contributed by atoms with E-state index in [2.05, 4.69) is 17.9 Å². The summed E-state index contributed by atoms with van der Waals surface area (Å²) in [7, 11) is 1.80. The molecule has 8 heteroatoms. The Morgan fingerprint density at radius 3 is 2.31 bits per heavy atom. The minimum atomic E-state index is -0.933. The van der Waals surface area contributed by atoms with Crippen LogP contribution >= 0.6 is 0 Å². The summed E-state index contributed by atoms with van der Waals surface area (Å²) in [5, 5.41) is 10.0. The summed E-state index contributed by atoms with van der Waals surface area (Å²) in [5.41, 5.74) is 5.50. The largest absolute Gasteiger partial charge is 0.478 e. The van der Waals surface area contributed by atoms with Gasteiger partial charge in [-0.25, -0.2) is 9.59 Å². The van der Waals surface area contributed by atoms with Crippen LogP contribution in [0, 0.1) is 6.92 Å². The zero-order valence-corrected chi connectivity index (χ0v) is 21.3. The van der Waals surface area contributed by atoms with E-state index in [-0.39, 0.29) is 11.7 Å². The number of carboxylic acid groups (broad SMARTS) is 1. The van der Waals surface area contributed by atoms with Gasteiger partial charge in [0.05, 0.1) is 16.6 Å². The number of aryl methyl sites for hydroxylation is 1. The number of carbonyl (C=O) groups is 1. The van der Waals surface area contributed by atoms with Crippen molar-refractivity contribution in [2.75, 3.05) is 37.9 Å². The molecule has 0 aliphatic carbocycles. The minimum Gasteiger partial charge on any atom is -0.478 e. The fourth-order valence-corrected chi connectivity index (χ4v) is 5.85. The first-order chi connectivity index (χ1) is 17.4. The summed E-state index contributed by atoms with van der Waals surface area (Å²) in [6.45, 7) is 7.57.